The zero-order valence-corrected chi connectivity index (χ0v) is 17.7. The second-order valence-corrected chi connectivity index (χ2v) is 8.25. The second-order valence-electron chi connectivity index (χ2n) is 8.25. The molecule has 0 radical (unpaired) electrons. The lowest BCUT2D eigenvalue weighted by molar-refractivity contribution is -0.134. The first kappa shape index (κ1) is 21.3. The van der Waals surface area contributed by atoms with Gasteiger partial charge in [0.25, 0.3) is 0 Å². The largest absolute Gasteiger partial charge is 0.507 e. The number of hydrogen-bond donors (Lipinski definition) is 3. The first-order valence-electron chi connectivity index (χ1n) is 10.6. The van der Waals surface area contributed by atoms with Crippen molar-refractivity contribution >= 4 is 28.3 Å². The maximum Gasteiger partial charge on any atom is 0.235 e. The fourth-order valence-electron chi connectivity index (χ4n) is 4.18. The van der Waals surface area contributed by atoms with E-state index < -0.39 is 11.8 Å². The summed E-state index contributed by atoms with van der Waals surface area (Å²) >= 11 is 0. The van der Waals surface area contributed by atoms with Crippen LogP contribution in [0.5, 0.6) is 11.5 Å². The molecular formula is C23H28N4O4. The van der Waals surface area contributed by atoms with Crippen LogP contribution in [0.4, 0.5) is 0 Å². The summed E-state index contributed by atoms with van der Waals surface area (Å²) in [7, 11) is 2.13. The quantitative estimate of drug-likeness (QED) is 0.480. The molecule has 0 spiro atoms. The number of carbonyl (C=O) groups excluding carboxylic acids is 2. The van der Waals surface area contributed by atoms with E-state index in [1.54, 1.807) is 6.07 Å². The molecule has 0 aliphatic carbocycles. The van der Waals surface area contributed by atoms with Crippen molar-refractivity contribution in [3.05, 3.63) is 35.9 Å². The molecule has 8 nitrogen and oxygen atoms in total. The van der Waals surface area contributed by atoms with E-state index in [9.17, 15) is 14.7 Å². The summed E-state index contributed by atoms with van der Waals surface area (Å²) in [6, 6.07) is 8.84. The highest BCUT2D eigenvalue weighted by Gasteiger charge is 2.32. The lowest BCUT2D eigenvalue weighted by atomic mass is 9.86. The van der Waals surface area contributed by atoms with Crippen molar-refractivity contribution in [3.63, 3.8) is 0 Å². The van der Waals surface area contributed by atoms with Crippen molar-refractivity contribution in [2.45, 2.75) is 12.8 Å². The third-order valence-electron chi connectivity index (χ3n) is 6.10. The van der Waals surface area contributed by atoms with Crippen LogP contribution in [0.25, 0.3) is 10.8 Å². The number of nitrogens with one attached hydrogen (secondary N) is 2. The molecule has 1 unspecified atom stereocenters. The molecule has 2 aromatic rings. The van der Waals surface area contributed by atoms with Gasteiger partial charge in [-0.05, 0) is 48.5 Å². The second kappa shape index (κ2) is 9.03. The van der Waals surface area contributed by atoms with Crippen molar-refractivity contribution in [1.82, 2.24) is 15.1 Å². The summed E-state index contributed by atoms with van der Waals surface area (Å²) in [5, 5.41) is 22.8. The molecule has 8 heteroatoms. The van der Waals surface area contributed by atoms with Gasteiger partial charge in [0.1, 0.15) is 18.1 Å². The van der Waals surface area contributed by atoms with Crippen LogP contribution in [-0.2, 0) is 9.59 Å². The minimum absolute atomic E-state index is 0.0248. The van der Waals surface area contributed by atoms with Crippen molar-refractivity contribution in [2.24, 2.45) is 5.92 Å². The van der Waals surface area contributed by atoms with E-state index in [0.717, 1.165) is 43.9 Å². The third-order valence-corrected chi connectivity index (χ3v) is 6.10. The average molecular weight is 425 g/mol. The van der Waals surface area contributed by atoms with Crippen molar-refractivity contribution in [2.75, 3.05) is 46.4 Å². The Labute approximate surface area is 181 Å². The average Bonchev–Trinajstić information content (AvgIpc) is 2.75. The minimum Gasteiger partial charge on any atom is -0.507 e. The molecular weight excluding hydrogens is 396 g/mol. The van der Waals surface area contributed by atoms with Gasteiger partial charge in [0, 0.05) is 44.7 Å². The molecule has 2 heterocycles. The number of ether oxygens (including phenoxy) is 1. The van der Waals surface area contributed by atoms with Gasteiger partial charge in [-0.3, -0.25) is 19.8 Å². The molecule has 164 valence electrons. The molecule has 2 saturated heterocycles. The number of aromatic hydroxyl groups is 1. The third kappa shape index (κ3) is 4.70. The number of benzene rings is 2. The molecule has 0 bridgehead atoms. The predicted octanol–water partition coefficient (Wildman–Crippen LogP) is 1.59. The van der Waals surface area contributed by atoms with Gasteiger partial charge in [-0.2, -0.15) is 0 Å². The van der Waals surface area contributed by atoms with E-state index in [4.69, 9.17) is 10.1 Å². The van der Waals surface area contributed by atoms with Gasteiger partial charge in [0.15, 0.2) is 0 Å². The van der Waals surface area contributed by atoms with Crippen LogP contribution in [0.3, 0.4) is 0 Å². The fourth-order valence-corrected chi connectivity index (χ4v) is 4.18. The first-order valence-corrected chi connectivity index (χ1v) is 10.6. The van der Waals surface area contributed by atoms with Crippen LogP contribution in [0.2, 0.25) is 0 Å². The smallest absolute Gasteiger partial charge is 0.235 e. The highest BCUT2D eigenvalue weighted by Crippen LogP contribution is 2.33. The zero-order valence-electron chi connectivity index (χ0n) is 17.7. The van der Waals surface area contributed by atoms with Gasteiger partial charge in [0.05, 0.1) is 11.6 Å². The molecule has 31 heavy (non-hydrogen) atoms. The molecule has 2 amide bonds. The lowest BCUT2D eigenvalue weighted by Crippen LogP contribution is -2.45. The molecule has 0 aromatic heterocycles. The van der Waals surface area contributed by atoms with E-state index in [-0.39, 0.29) is 30.2 Å². The number of likely N-dealkylation sites (N-methyl/N-ethyl adjacent to an activating group) is 1. The normalized spacial score (nSPS) is 20.6. The molecule has 0 saturated carbocycles. The summed E-state index contributed by atoms with van der Waals surface area (Å²) in [6.07, 6.45) is 0.461. The van der Waals surface area contributed by atoms with Crippen molar-refractivity contribution in [3.8, 4) is 11.5 Å². The maximum atomic E-state index is 12.2. The number of piperidine rings is 1. The molecule has 2 fully saturated rings. The SMILES string of the molecule is CN1CCN(CCOc2ccc3c(C(=N)C4CCC(=O)NC4=O)c(O)ccc3c2)CC1. The van der Waals surface area contributed by atoms with E-state index in [1.807, 2.05) is 18.2 Å². The summed E-state index contributed by atoms with van der Waals surface area (Å²) in [5.74, 6) is -0.887. The summed E-state index contributed by atoms with van der Waals surface area (Å²) < 4.78 is 5.95. The zero-order chi connectivity index (χ0) is 22.0. The number of fused-ring (bicyclic) bond motifs is 1. The van der Waals surface area contributed by atoms with Gasteiger partial charge in [0.2, 0.25) is 11.8 Å². The Morgan fingerprint density at radius 3 is 2.71 bits per heavy atom. The minimum atomic E-state index is -0.756. The van der Waals surface area contributed by atoms with E-state index >= 15 is 0 Å². The number of carbonyl (C=O) groups is 2. The Kier molecular flexibility index (Phi) is 6.20. The summed E-state index contributed by atoms with van der Waals surface area (Å²) in [6.45, 7) is 5.69. The molecule has 2 aliphatic rings. The first-order chi connectivity index (χ1) is 14.9. The van der Waals surface area contributed by atoms with Crippen LogP contribution >= 0.6 is 0 Å². The number of imide groups is 1. The van der Waals surface area contributed by atoms with Crippen LogP contribution in [0.15, 0.2) is 30.3 Å². The predicted molar refractivity (Wildman–Crippen MR) is 118 cm³/mol. The van der Waals surface area contributed by atoms with Gasteiger partial charge >= 0.3 is 0 Å². The van der Waals surface area contributed by atoms with Crippen LogP contribution in [-0.4, -0.2) is 78.8 Å². The number of phenols is 1. The molecule has 2 aliphatic heterocycles. The number of piperazine rings is 1. The van der Waals surface area contributed by atoms with Gasteiger partial charge < -0.3 is 20.2 Å². The van der Waals surface area contributed by atoms with Crippen molar-refractivity contribution < 1.29 is 19.4 Å². The monoisotopic (exact) mass is 424 g/mol. The Morgan fingerprint density at radius 1 is 1.19 bits per heavy atom. The number of nitrogens with zero attached hydrogens (tertiary/aromatic N) is 2. The summed E-state index contributed by atoms with van der Waals surface area (Å²) in [5.41, 5.74) is 0.354. The van der Waals surface area contributed by atoms with E-state index in [0.29, 0.717) is 17.6 Å². The lowest BCUT2D eigenvalue weighted by Gasteiger charge is -2.32. The van der Waals surface area contributed by atoms with Crippen molar-refractivity contribution in [1.29, 1.82) is 5.41 Å². The Balaban J connectivity index is 1.48. The molecule has 1 atom stereocenters. The number of hydrogen-bond acceptors (Lipinski definition) is 7. The van der Waals surface area contributed by atoms with E-state index in [1.165, 1.54) is 6.07 Å². The highest BCUT2D eigenvalue weighted by molar-refractivity contribution is 6.21. The molecule has 3 N–H and O–H groups in total. The van der Waals surface area contributed by atoms with Crippen LogP contribution < -0.4 is 10.1 Å². The molecule has 2 aromatic carbocycles. The Bertz CT molecular complexity index is 1010. The number of amides is 2. The van der Waals surface area contributed by atoms with Crippen LogP contribution in [0.1, 0.15) is 18.4 Å². The topological polar surface area (TPSA) is 106 Å². The van der Waals surface area contributed by atoms with Gasteiger partial charge in [-0.25, -0.2) is 0 Å². The standard InChI is InChI=1S/C23H28N4O4/c1-26-8-10-27(11-9-26)12-13-31-16-3-4-17-15(14-16)2-6-19(28)21(17)22(24)18-5-7-20(29)25-23(18)30/h2-4,6,14,18,24,28H,5,7-13H2,1H3,(H,25,29,30). The number of rotatable bonds is 6. The Morgan fingerprint density at radius 2 is 1.97 bits per heavy atom. The van der Waals surface area contributed by atoms with Gasteiger partial charge in [-0.15, -0.1) is 0 Å². The highest BCUT2D eigenvalue weighted by atomic mass is 16.5. The van der Waals surface area contributed by atoms with Crippen LogP contribution in [0, 0.1) is 11.3 Å². The van der Waals surface area contributed by atoms with Gasteiger partial charge in [-0.1, -0.05) is 6.07 Å². The fraction of sp³-hybridized carbons (Fsp3) is 0.435. The number of phenolic OH excluding ortho intramolecular Hbond substituents is 1. The Hall–Kier alpha value is -2.97. The molecule has 4 rings (SSSR count). The van der Waals surface area contributed by atoms with E-state index in [2.05, 4.69) is 22.2 Å². The maximum absolute atomic E-state index is 12.2. The summed E-state index contributed by atoms with van der Waals surface area (Å²) in [4.78, 5) is 28.3.